The summed E-state index contributed by atoms with van der Waals surface area (Å²) in [5.74, 6) is 3.01. The quantitative estimate of drug-likeness (QED) is 0.922. The van der Waals surface area contributed by atoms with Gasteiger partial charge in [-0.05, 0) is 34.2 Å². The number of rotatable bonds is 4. The first-order valence-electron chi connectivity index (χ1n) is 8.00. The van der Waals surface area contributed by atoms with Crippen molar-refractivity contribution >= 4 is 11.6 Å². The molecule has 21 heavy (non-hydrogen) atoms. The molecule has 2 rings (SSSR count). The number of likely N-dealkylation sites (N-methyl/N-ethyl adjacent to an activating group) is 1. The zero-order valence-electron chi connectivity index (χ0n) is 14.3. The Morgan fingerprint density at radius 2 is 1.81 bits per heavy atom. The molecule has 0 aromatic carbocycles. The van der Waals surface area contributed by atoms with E-state index in [1.807, 2.05) is 7.05 Å². The van der Waals surface area contributed by atoms with E-state index < -0.39 is 0 Å². The van der Waals surface area contributed by atoms with Crippen LogP contribution in [0.3, 0.4) is 0 Å². The van der Waals surface area contributed by atoms with E-state index in [9.17, 15) is 0 Å². The van der Waals surface area contributed by atoms with Gasteiger partial charge >= 0.3 is 0 Å². The SMILES string of the molecule is CCCc1nc(NC)c(C)c(N2CC(C)N(C)C(C)C2)n1. The number of hydrogen-bond donors (Lipinski definition) is 1. The van der Waals surface area contributed by atoms with Crippen molar-refractivity contribution < 1.29 is 0 Å². The van der Waals surface area contributed by atoms with Crippen LogP contribution in [0.15, 0.2) is 0 Å². The molecule has 0 amide bonds. The second-order valence-electron chi connectivity index (χ2n) is 6.21. The van der Waals surface area contributed by atoms with Crippen LogP contribution in [0, 0.1) is 6.92 Å². The molecule has 1 aliphatic rings. The normalized spacial score (nSPS) is 23.4. The van der Waals surface area contributed by atoms with Gasteiger partial charge in [0.1, 0.15) is 17.5 Å². The fraction of sp³-hybridized carbons (Fsp3) is 0.750. The summed E-state index contributed by atoms with van der Waals surface area (Å²) in [4.78, 5) is 14.3. The Morgan fingerprint density at radius 1 is 1.19 bits per heavy atom. The Labute approximate surface area is 128 Å². The average Bonchev–Trinajstić information content (AvgIpc) is 2.46. The minimum absolute atomic E-state index is 0.538. The van der Waals surface area contributed by atoms with Crippen LogP contribution in [0.25, 0.3) is 0 Å². The van der Waals surface area contributed by atoms with Crippen LogP contribution in [0.4, 0.5) is 11.6 Å². The van der Waals surface area contributed by atoms with Crippen LogP contribution < -0.4 is 10.2 Å². The molecule has 2 heterocycles. The van der Waals surface area contributed by atoms with E-state index in [0.29, 0.717) is 12.1 Å². The molecule has 1 N–H and O–H groups in total. The first-order valence-corrected chi connectivity index (χ1v) is 8.00. The zero-order chi connectivity index (χ0) is 15.6. The number of nitrogens with zero attached hydrogens (tertiary/aromatic N) is 4. The predicted molar refractivity (Wildman–Crippen MR) is 89.2 cm³/mol. The fourth-order valence-electron chi connectivity index (χ4n) is 3.01. The molecule has 0 aliphatic carbocycles. The highest BCUT2D eigenvalue weighted by atomic mass is 15.3. The van der Waals surface area contributed by atoms with Crippen molar-refractivity contribution in [1.82, 2.24) is 14.9 Å². The van der Waals surface area contributed by atoms with Gasteiger partial charge in [-0.25, -0.2) is 9.97 Å². The molecule has 1 aromatic heterocycles. The third kappa shape index (κ3) is 3.28. The van der Waals surface area contributed by atoms with Gasteiger partial charge in [0, 0.05) is 44.2 Å². The van der Waals surface area contributed by atoms with E-state index in [4.69, 9.17) is 4.98 Å². The van der Waals surface area contributed by atoms with E-state index in [-0.39, 0.29) is 0 Å². The predicted octanol–water partition coefficient (Wildman–Crippen LogP) is 2.31. The van der Waals surface area contributed by atoms with Gasteiger partial charge in [0.2, 0.25) is 0 Å². The lowest BCUT2D eigenvalue weighted by atomic mass is 10.1. The summed E-state index contributed by atoms with van der Waals surface area (Å²) in [6.07, 6.45) is 2.00. The van der Waals surface area contributed by atoms with Crippen LogP contribution in [0.1, 0.15) is 38.6 Å². The number of hydrogen-bond acceptors (Lipinski definition) is 5. The summed E-state index contributed by atoms with van der Waals surface area (Å²) in [7, 11) is 4.14. The summed E-state index contributed by atoms with van der Waals surface area (Å²) < 4.78 is 0. The van der Waals surface area contributed by atoms with Crippen molar-refractivity contribution in [3.63, 3.8) is 0 Å². The molecule has 5 heteroatoms. The third-order valence-electron chi connectivity index (χ3n) is 4.54. The van der Waals surface area contributed by atoms with E-state index in [1.54, 1.807) is 0 Å². The van der Waals surface area contributed by atoms with Gasteiger partial charge in [0.15, 0.2) is 0 Å². The molecule has 0 spiro atoms. The van der Waals surface area contributed by atoms with Crippen molar-refractivity contribution in [3.8, 4) is 0 Å². The Morgan fingerprint density at radius 3 is 2.33 bits per heavy atom. The van der Waals surface area contributed by atoms with Crippen molar-refractivity contribution in [2.45, 2.75) is 52.6 Å². The number of aryl methyl sites for hydroxylation is 1. The van der Waals surface area contributed by atoms with Crippen molar-refractivity contribution in [3.05, 3.63) is 11.4 Å². The van der Waals surface area contributed by atoms with Crippen LogP contribution in [0.2, 0.25) is 0 Å². The first kappa shape index (κ1) is 16.0. The number of anilines is 2. The molecule has 1 fully saturated rings. The Bertz CT molecular complexity index is 476. The van der Waals surface area contributed by atoms with Gasteiger partial charge < -0.3 is 10.2 Å². The largest absolute Gasteiger partial charge is 0.373 e. The maximum absolute atomic E-state index is 4.84. The highest BCUT2D eigenvalue weighted by Crippen LogP contribution is 2.27. The van der Waals surface area contributed by atoms with Gasteiger partial charge in [-0.15, -0.1) is 0 Å². The standard InChI is InChI=1S/C16H29N5/c1-7-8-14-18-15(17-5)13(4)16(19-14)21-9-11(2)20(6)12(3)10-21/h11-12H,7-10H2,1-6H3,(H,17,18,19). The number of aromatic nitrogens is 2. The minimum Gasteiger partial charge on any atom is -0.373 e. The molecule has 118 valence electrons. The highest BCUT2D eigenvalue weighted by molar-refractivity contribution is 5.59. The van der Waals surface area contributed by atoms with Gasteiger partial charge in [0.05, 0.1) is 0 Å². The maximum atomic E-state index is 4.84. The van der Waals surface area contributed by atoms with Crippen LogP contribution in [-0.4, -0.2) is 54.1 Å². The lowest BCUT2D eigenvalue weighted by molar-refractivity contribution is 0.169. The van der Waals surface area contributed by atoms with Crippen molar-refractivity contribution in [2.24, 2.45) is 0 Å². The summed E-state index contributed by atoms with van der Waals surface area (Å²) in [5.41, 5.74) is 1.15. The molecule has 1 aromatic rings. The monoisotopic (exact) mass is 291 g/mol. The molecule has 1 aliphatic heterocycles. The van der Waals surface area contributed by atoms with E-state index >= 15 is 0 Å². The molecular weight excluding hydrogens is 262 g/mol. The van der Waals surface area contributed by atoms with E-state index in [1.165, 1.54) is 0 Å². The Kier molecular flexibility index (Phi) is 5.04. The fourth-order valence-corrected chi connectivity index (χ4v) is 3.01. The van der Waals surface area contributed by atoms with Crippen LogP contribution >= 0.6 is 0 Å². The van der Waals surface area contributed by atoms with Crippen LogP contribution in [-0.2, 0) is 6.42 Å². The molecule has 0 bridgehead atoms. The number of nitrogens with one attached hydrogen (secondary N) is 1. The summed E-state index contributed by atoms with van der Waals surface area (Å²) in [6.45, 7) is 10.9. The molecular formula is C16H29N5. The summed E-state index contributed by atoms with van der Waals surface area (Å²) >= 11 is 0. The minimum atomic E-state index is 0.538. The molecule has 1 saturated heterocycles. The van der Waals surface area contributed by atoms with Crippen molar-refractivity contribution in [2.75, 3.05) is 37.4 Å². The van der Waals surface area contributed by atoms with Gasteiger partial charge in [-0.2, -0.15) is 0 Å². The van der Waals surface area contributed by atoms with Gasteiger partial charge in [-0.3, -0.25) is 4.90 Å². The second kappa shape index (κ2) is 6.60. The molecule has 0 saturated carbocycles. The topological polar surface area (TPSA) is 44.3 Å². The maximum Gasteiger partial charge on any atom is 0.137 e. The van der Waals surface area contributed by atoms with E-state index in [2.05, 4.69) is 54.8 Å². The average molecular weight is 291 g/mol. The Balaban J connectivity index is 2.35. The van der Waals surface area contributed by atoms with E-state index in [0.717, 1.165) is 49.0 Å². The Hall–Kier alpha value is -1.36. The third-order valence-corrected chi connectivity index (χ3v) is 4.54. The van der Waals surface area contributed by atoms with Crippen LogP contribution in [0.5, 0.6) is 0 Å². The molecule has 0 radical (unpaired) electrons. The van der Waals surface area contributed by atoms with Gasteiger partial charge in [0.25, 0.3) is 0 Å². The lowest BCUT2D eigenvalue weighted by Crippen LogP contribution is -2.55. The smallest absolute Gasteiger partial charge is 0.137 e. The molecule has 5 nitrogen and oxygen atoms in total. The second-order valence-corrected chi connectivity index (χ2v) is 6.21. The molecule has 2 atom stereocenters. The molecule has 2 unspecified atom stereocenters. The van der Waals surface area contributed by atoms with Crippen molar-refractivity contribution in [1.29, 1.82) is 0 Å². The van der Waals surface area contributed by atoms with Gasteiger partial charge in [-0.1, -0.05) is 6.92 Å². The highest BCUT2D eigenvalue weighted by Gasteiger charge is 2.28. The first-order chi connectivity index (χ1) is 9.97. The zero-order valence-corrected chi connectivity index (χ0v) is 14.3. The summed E-state index contributed by atoms with van der Waals surface area (Å²) in [6, 6.07) is 1.08. The lowest BCUT2D eigenvalue weighted by Gasteiger charge is -2.43. The summed E-state index contributed by atoms with van der Waals surface area (Å²) in [5, 5.41) is 3.22. The number of piperazine rings is 1.